The van der Waals surface area contributed by atoms with Gasteiger partial charge in [-0.3, -0.25) is 9.59 Å². The molecule has 0 aliphatic carbocycles. The first-order valence-electron chi connectivity index (χ1n) is 12.8. The average Bonchev–Trinajstić information content (AvgIpc) is 3.15. The summed E-state index contributed by atoms with van der Waals surface area (Å²) in [6.07, 6.45) is -0.0281. The fourth-order valence-corrected chi connectivity index (χ4v) is 4.49. The molecule has 1 N–H and O–H groups in total. The van der Waals surface area contributed by atoms with Crippen molar-refractivity contribution in [3.63, 3.8) is 0 Å². The van der Waals surface area contributed by atoms with Crippen molar-refractivity contribution in [2.45, 2.75) is 39.8 Å². The Morgan fingerprint density at radius 1 is 0.974 bits per heavy atom. The molecule has 1 amide bonds. The van der Waals surface area contributed by atoms with Gasteiger partial charge in [-0.1, -0.05) is 30.3 Å². The fraction of sp³-hybridized carbons (Fsp3) is 0.290. The van der Waals surface area contributed by atoms with Gasteiger partial charge in [0.1, 0.15) is 23.0 Å². The molecule has 1 heterocycles. The van der Waals surface area contributed by atoms with Crippen molar-refractivity contribution in [3.8, 4) is 17.2 Å². The summed E-state index contributed by atoms with van der Waals surface area (Å²) in [5, 5.41) is 11.4. The first kappa shape index (κ1) is 26.9. The molecule has 0 bridgehead atoms. The SMILES string of the molecule is CCOc1ccc(/C(O)=C2\C(=O)C(=O)N(CCOC(C)C)C2c2cccc(Oc3ccccc3)c2)cc1C. The third-order valence-corrected chi connectivity index (χ3v) is 6.22. The Morgan fingerprint density at radius 3 is 2.39 bits per heavy atom. The lowest BCUT2D eigenvalue weighted by atomic mass is 9.94. The number of ether oxygens (including phenoxy) is 3. The van der Waals surface area contributed by atoms with Crippen molar-refractivity contribution in [3.05, 3.63) is 95.1 Å². The molecule has 198 valence electrons. The highest BCUT2D eigenvalue weighted by molar-refractivity contribution is 6.46. The van der Waals surface area contributed by atoms with Gasteiger partial charge in [-0.15, -0.1) is 0 Å². The third-order valence-electron chi connectivity index (χ3n) is 6.22. The maximum atomic E-state index is 13.3. The molecule has 0 aromatic heterocycles. The summed E-state index contributed by atoms with van der Waals surface area (Å²) in [5.41, 5.74) is 1.92. The molecule has 0 radical (unpaired) electrons. The lowest BCUT2D eigenvalue weighted by Gasteiger charge is -2.26. The number of rotatable bonds is 10. The van der Waals surface area contributed by atoms with E-state index in [9.17, 15) is 14.7 Å². The van der Waals surface area contributed by atoms with E-state index in [4.69, 9.17) is 14.2 Å². The van der Waals surface area contributed by atoms with E-state index in [0.717, 1.165) is 5.56 Å². The maximum absolute atomic E-state index is 13.3. The summed E-state index contributed by atoms with van der Waals surface area (Å²) in [5.74, 6) is 0.251. The molecule has 4 rings (SSSR count). The molecule has 1 fully saturated rings. The summed E-state index contributed by atoms with van der Waals surface area (Å²) in [4.78, 5) is 28.0. The standard InChI is InChI=1S/C31H33NO6/c1-5-36-26-15-14-23(18-21(26)4)29(33)27-28(32(31(35)30(27)34)16-17-37-20(2)3)22-10-9-13-25(19-22)38-24-11-7-6-8-12-24/h6-15,18-20,28,33H,5,16-17H2,1-4H3/b29-27+. The van der Waals surface area contributed by atoms with Crippen LogP contribution in [0.3, 0.4) is 0 Å². The highest BCUT2D eigenvalue weighted by atomic mass is 16.5. The Labute approximate surface area is 223 Å². The third kappa shape index (κ3) is 5.89. The van der Waals surface area contributed by atoms with Crippen LogP contribution in [0.1, 0.15) is 43.5 Å². The Hall–Kier alpha value is -4.10. The van der Waals surface area contributed by atoms with Crippen LogP contribution in [0.15, 0.2) is 78.4 Å². The molecule has 3 aromatic rings. The minimum Gasteiger partial charge on any atom is -0.507 e. The van der Waals surface area contributed by atoms with E-state index in [2.05, 4.69) is 0 Å². The van der Waals surface area contributed by atoms with E-state index in [1.807, 2.05) is 64.1 Å². The summed E-state index contributed by atoms with van der Waals surface area (Å²) in [6, 6.07) is 20.9. The van der Waals surface area contributed by atoms with Crippen molar-refractivity contribution < 1.29 is 28.9 Å². The molecule has 7 nitrogen and oxygen atoms in total. The zero-order valence-corrected chi connectivity index (χ0v) is 22.1. The molecule has 1 aliphatic heterocycles. The van der Waals surface area contributed by atoms with Crippen LogP contribution in [0.2, 0.25) is 0 Å². The highest BCUT2D eigenvalue weighted by Gasteiger charge is 2.46. The molecule has 1 unspecified atom stereocenters. The molecule has 0 saturated carbocycles. The molecule has 7 heteroatoms. The number of hydrogen-bond donors (Lipinski definition) is 1. The van der Waals surface area contributed by atoms with Crippen molar-refractivity contribution in [1.29, 1.82) is 0 Å². The van der Waals surface area contributed by atoms with E-state index >= 15 is 0 Å². The van der Waals surface area contributed by atoms with Gasteiger partial charge in [0.2, 0.25) is 0 Å². The second-order valence-corrected chi connectivity index (χ2v) is 9.31. The lowest BCUT2D eigenvalue weighted by molar-refractivity contribution is -0.140. The number of likely N-dealkylation sites (tertiary alicyclic amines) is 1. The molecular weight excluding hydrogens is 482 g/mol. The molecule has 0 spiro atoms. The molecule has 1 aliphatic rings. The smallest absolute Gasteiger partial charge is 0.295 e. The number of hydrogen-bond acceptors (Lipinski definition) is 6. The molecule has 3 aromatic carbocycles. The highest BCUT2D eigenvalue weighted by Crippen LogP contribution is 2.41. The normalized spacial score (nSPS) is 16.8. The number of amides is 1. The molecular formula is C31H33NO6. The van der Waals surface area contributed by atoms with Crippen LogP contribution in [-0.4, -0.2) is 47.6 Å². The number of benzene rings is 3. The van der Waals surface area contributed by atoms with E-state index in [0.29, 0.717) is 35.0 Å². The first-order valence-corrected chi connectivity index (χ1v) is 12.8. The number of carbonyl (C=O) groups is 2. The minimum absolute atomic E-state index is 0.0277. The molecule has 1 saturated heterocycles. The largest absolute Gasteiger partial charge is 0.507 e. The second kappa shape index (κ2) is 12.0. The second-order valence-electron chi connectivity index (χ2n) is 9.31. The Bertz CT molecular complexity index is 1330. The predicted octanol–water partition coefficient (Wildman–Crippen LogP) is 6.03. The van der Waals surface area contributed by atoms with Gasteiger partial charge in [0.25, 0.3) is 11.7 Å². The number of aryl methyl sites for hydroxylation is 1. The van der Waals surface area contributed by atoms with Crippen LogP contribution >= 0.6 is 0 Å². The number of aliphatic hydroxyl groups excluding tert-OH is 1. The number of para-hydroxylation sites is 1. The fourth-order valence-electron chi connectivity index (χ4n) is 4.49. The van der Waals surface area contributed by atoms with Gasteiger partial charge >= 0.3 is 0 Å². The Kier molecular flexibility index (Phi) is 8.48. The predicted molar refractivity (Wildman–Crippen MR) is 145 cm³/mol. The number of Topliss-reactive ketones (excluding diaryl/α,β-unsaturated/α-hetero) is 1. The topological polar surface area (TPSA) is 85.3 Å². The number of aliphatic hydroxyl groups is 1. The lowest BCUT2D eigenvalue weighted by Crippen LogP contribution is -2.33. The van der Waals surface area contributed by atoms with E-state index < -0.39 is 17.7 Å². The number of nitrogens with zero attached hydrogens (tertiary/aromatic N) is 1. The summed E-state index contributed by atoms with van der Waals surface area (Å²) in [7, 11) is 0. The number of ketones is 1. The molecule has 1 atom stereocenters. The average molecular weight is 516 g/mol. The maximum Gasteiger partial charge on any atom is 0.295 e. The van der Waals surface area contributed by atoms with Gasteiger partial charge in [0.05, 0.1) is 30.9 Å². The van der Waals surface area contributed by atoms with Crippen molar-refractivity contribution >= 4 is 17.4 Å². The monoisotopic (exact) mass is 515 g/mol. The van der Waals surface area contributed by atoms with Gasteiger partial charge in [0, 0.05) is 12.1 Å². The van der Waals surface area contributed by atoms with Crippen molar-refractivity contribution in [2.24, 2.45) is 0 Å². The van der Waals surface area contributed by atoms with Gasteiger partial charge in [-0.2, -0.15) is 0 Å². The zero-order valence-electron chi connectivity index (χ0n) is 22.1. The van der Waals surface area contributed by atoms with E-state index in [1.165, 1.54) is 4.90 Å². The van der Waals surface area contributed by atoms with Crippen LogP contribution < -0.4 is 9.47 Å². The van der Waals surface area contributed by atoms with Gasteiger partial charge in [0.15, 0.2) is 0 Å². The Morgan fingerprint density at radius 2 is 1.71 bits per heavy atom. The van der Waals surface area contributed by atoms with Gasteiger partial charge < -0.3 is 24.2 Å². The van der Waals surface area contributed by atoms with Crippen LogP contribution in [0.25, 0.3) is 5.76 Å². The quantitative estimate of drug-likeness (QED) is 0.202. The van der Waals surface area contributed by atoms with E-state index in [1.54, 1.807) is 36.4 Å². The van der Waals surface area contributed by atoms with Gasteiger partial charge in [-0.25, -0.2) is 0 Å². The van der Waals surface area contributed by atoms with E-state index in [-0.39, 0.29) is 30.6 Å². The van der Waals surface area contributed by atoms with Gasteiger partial charge in [-0.05, 0) is 81.3 Å². The summed E-state index contributed by atoms with van der Waals surface area (Å²) < 4.78 is 17.3. The summed E-state index contributed by atoms with van der Waals surface area (Å²) in [6.45, 7) is 8.53. The first-order chi connectivity index (χ1) is 18.3. The van der Waals surface area contributed by atoms with Crippen LogP contribution in [0, 0.1) is 6.92 Å². The minimum atomic E-state index is -0.808. The van der Waals surface area contributed by atoms with Crippen LogP contribution in [-0.2, 0) is 14.3 Å². The zero-order chi connectivity index (χ0) is 27.2. The van der Waals surface area contributed by atoms with Crippen molar-refractivity contribution in [1.82, 2.24) is 4.90 Å². The molecule has 38 heavy (non-hydrogen) atoms. The Balaban J connectivity index is 1.78. The van der Waals surface area contributed by atoms with Crippen LogP contribution in [0.4, 0.5) is 0 Å². The summed E-state index contributed by atoms with van der Waals surface area (Å²) >= 11 is 0. The number of carbonyl (C=O) groups excluding carboxylic acids is 2. The van der Waals surface area contributed by atoms with Crippen LogP contribution in [0.5, 0.6) is 17.2 Å². The van der Waals surface area contributed by atoms with Crippen molar-refractivity contribution in [2.75, 3.05) is 19.8 Å².